The van der Waals surface area contributed by atoms with Crippen LogP contribution in [-0.4, -0.2) is 5.78 Å². The van der Waals surface area contributed by atoms with Crippen molar-refractivity contribution in [2.24, 2.45) is 23.2 Å². The minimum atomic E-state index is -0.202. The largest absolute Gasteiger partial charge is 0.299 e. The highest BCUT2D eigenvalue weighted by molar-refractivity contribution is 5.92. The molecule has 0 amide bonds. The van der Waals surface area contributed by atoms with E-state index in [9.17, 15) is 9.18 Å². The third kappa shape index (κ3) is 1.92. The molecular weight excluding hydrogens is 251 g/mol. The van der Waals surface area contributed by atoms with Crippen molar-refractivity contribution in [1.82, 2.24) is 0 Å². The molecule has 0 aliphatic heterocycles. The van der Waals surface area contributed by atoms with E-state index < -0.39 is 0 Å². The molecule has 1 aromatic rings. The average Bonchev–Trinajstić information content (AvgIpc) is 3.14. The first-order chi connectivity index (χ1) is 9.46. The maximum absolute atomic E-state index is 13.1. The lowest BCUT2D eigenvalue weighted by molar-refractivity contribution is -0.135. The number of carbonyl (C=O) groups excluding carboxylic acids is 1. The molecule has 108 valence electrons. The summed E-state index contributed by atoms with van der Waals surface area (Å²) in [5.74, 6) is 1.69. The molecule has 1 spiro atoms. The van der Waals surface area contributed by atoms with Gasteiger partial charge in [0.2, 0.25) is 0 Å². The summed E-state index contributed by atoms with van der Waals surface area (Å²) in [5.41, 5.74) is 0.987. The van der Waals surface area contributed by atoms with Crippen molar-refractivity contribution in [2.45, 2.75) is 46.0 Å². The summed E-state index contributed by atoms with van der Waals surface area (Å²) in [6, 6.07) is 6.74. The zero-order valence-corrected chi connectivity index (χ0v) is 12.5. The molecular formula is C18H23FO. The molecule has 2 heteroatoms. The van der Waals surface area contributed by atoms with Gasteiger partial charge in [0, 0.05) is 11.3 Å². The Labute approximate surface area is 120 Å². The van der Waals surface area contributed by atoms with Crippen LogP contribution in [0.4, 0.5) is 4.39 Å². The van der Waals surface area contributed by atoms with Crippen molar-refractivity contribution >= 4 is 5.78 Å². The number of rotatable bonds is 2. The van der Waals surface area contributed by atoms with Gasteiger partial charge >= 0.3 is 0 Å². The second kappa shape index (κ2) is 4.68. The summed E-state index contributed by atoms with van der Waals surface area (Å²) >= 11 is 0. The van der Waals surface area contributed by atoms with Crippen molar-refractivity contribution in [3.63, 3.8) is 0 Å². The molecule has 0 radical (unpaired) electrons. The lowest BCUT2D eigenvalue weighted by atomic mass is 9.66. The molecule has 0 unspecified atom stereocenters. The van der Waals surface area contributed by atoms with Crippen LogP contribution in [0.1, 0.15) is 51.5 Å². The van der Waals surface area contributed by atoms with E-state index in [2.05, 4.69) is 20.8 Å². The van der Waals surface area contributed by atoms with Crippen LogP contribution in [0.15, 0.2) is 24.3 Å². The van der Waals surface area contributed by atoms with E-state index in [0.717, 1.165) is 24.8 Å². The minimum absolute atomic E-state index is 0.148. The predicted octanol–water partition coefficient (Wildman–Crippen LogP) is 4.57. The van der Waals surface area contributed by atoms with Crippen molar-refractivity contribution in [1.29, 1.82) is 0 Å². The van der Waals surface area contributed by atoms with Crippen molar-refractivity contribution in [3.8, 4) is 0 Å². The molecule has 2 aliphatic rings. The van der Waals surface area contributed by atoms with Crippen LogP contribution in [0.5, 0.6) is 0 Å². The highest BCUT2D eigenvalue weighted by Crippen LogP contribution is 2.68. The van der Waals surface area contributed by atoms with Gasteiger partial charge in [0.1, 0.15) is 11.6 Å². The second-order valence-corrected chi connectivity index (χ2v) is 7.04. The molecule has 2 fully saturated rings. The maximum atomic E-state index is 13.1. The Morgan fingerprint density at radius 3 is 2.45 bits per heavy atom. The van der Waals surface area contributed by atoms with Crippen LogP contribution in [0.2, 0.25) is 0 Å². The highest BCUT2D eigenvalue weighted by Gasteiger charge is 2.65. The van der Waals surface area contributed by atoms with Crippen molar-refractivity contribution in [2.75, 3.05) is 0 Å². The lowest BCUT2D eigenvalue weighted by Crippen LogP contribution is -2.39. The first-order valence-electron chi connectivity index (χ1n) is 7.76. The summed E-state index contributed by atoms with van der Waals surface area (Å²) in [6.45, 7) is 6.53. The third-order valence-corrected chi connectivity index (χ3v) is 5.67. The minimum Gasteiger partial charge on any atom is -0.299 e. The number of carbonyl (C=O) groups is 1. The van der Waals surface area contributed by atoms with Gasteiger partial charge in [-0.2, -0.15) is 0 Å². The van der Waals surface area contributed by atoms with E-state index in [1.165, 1.54) is 12.1 Å². The summed E-state index contributed by atoms with van der Waals surface area (Å²) in [6.07, 6.45) is 3.14. The van der Waals surface area contributed by atoms with Gasteiger partial charge in [-0.3, -0.25) is 4.79 Å². The molecule has 4 atom stereocenters. The zero-order chi connectivity index (χ0) is 14.5. The van der Waals surface area contributed by atoms with E-state index in [1.54, 1.807) is 0 Å². The van der Waals surface area contributed by atoms with Gasteiger partial charge in [-0.15, -0.1) is 0 Å². The van der Waals surface area contributed by atoms with Gasteiger partial charge in [0.25, 0.3) is 0 Å². The molecule has 1 nitrogen and oxygen atoms in total. The summed E-state index contributed by atoms with van der Waals surface area (Å²) in [4.78, 5) is 12.9. The van der Waals surface area contributed by atoms with E-state index >= 15 is 0 Å². The van der Waals surface area contributed by atoms with Gasteiger partial charge in [-0.25, -0.2) is 4.39 Å². The average molecular weight is 274 g/mol. The summed E-state index contributed by atoms with van der Waals surface area (Å²) in [5, 5.41) is 0. The smallest absolute Gasteiger partial charge is 0.143 e. The standard InChI is InChI=1S/C18H23FO/c1-11(2)15-9-4-12(3)18(17(15)20)10-16(18)13-5-7-14(19)8-6-13/h5-8,11-12,15-16H,4,9-10H2,1-3H3/t12-,15+,16-,18+/m1/s1. The Hall–Kier alpha value is -1.18. The molecule has 0 bridgehead atoms. The fraction of sp³-hybridized carbons (Fsp3) is 0.611. The third-order valence-electron chi connectivity index (χ3n) is 5.67. The molecule has 0 heterocycles. The van der Waals surface area contributed by atoms with Crippen LogP contribution in [0.25, 0.3) is 0 Å². The van der Waals surface area contributed by atoms with E-state index in [1.807, 2.05) is 12.1 Å². The zero-order valence-electron chi connectivity index (χ0n) is 12.5. The van der Waals surface area contributed by atoms with E-state index in [-0.39, 0.29) is 17.2 Å². The molecule has 0 N–H and O–H groups in total. The topological polar surface area (TPSA) is 17.1 Å². The van der Waals surface area contributed by atoms with Gasteiger partial charge in [0.05, 0.1) is 0 Å². The first-order valence-corrected chi connectivity index (χ1v) is 7.76. The van der Waals surface area contributed by atoms with Crippen molar-refractivity contribution in [3.05, 3.63) is 35.6 Å². The van der Waals surface area contributed by atoms with Gasteiger partial charge in [-0.05, 0) is 54.7 Å². The number of hydrogen-bond donors (Lipinski definition) is 0. The van der Waals surface area contributed by atoms with Gasteiger partial charge < -0.3 is 0 Å². The highest BCUT2D eigenvalue weighted by atomic mass is 19.1. The normalized spacial score (nSPS) is 36.6. The fourth-order valence-electron chi connectivity index (χ4n) is 4.25. The molecule has 0 saturated heterocycles. The van der Waals surface area contributed by atoms with Crippen LogP contribution < -0.4 is 0 Å². The van der Waals surface area contributed by atoms with E-state index in [4.69, 9.17) is 0 Å². The number of Topliss-reactive ketones (excluding diaryl/α,β-unsaturated/α-hetero) is 1. The number of halogens is 1. The van der Waals surface area contributed by atoms with Crippen molar-refractivity contribution < 1.29 is 9.18 Å². The van der Waals surface area contributed by atoms with Crippen LogP contribution in [0, 0.1) is 29.0 Å². The maximum Gasteiger partial charge on any atom is 0.143 e. The van der Waals surface area contributed by atoms with Crippen LogP contribution in [-0.2, 0) is 4.79 Å². The monoisotopic (exact) mass is 274 g/mol. The number of hydrogen-bond acceptors (Lipinski definition) is 1. The lowest BCUT2D eigenvalue weighted by Gasteiger charge is -2.36. The van der Waals surface area contributed by atoms with Gasteiger partial charge in [-0.1, -0.05) is 32.9 Å². The number of benzene rings is 1. The van der Waals surface area contributed by atoms with Crippen LogP contribution in [0.3, 0.4) is 0 Å². The van der Waals surface area contributed by atoms with Gasteiger partial charge in [0.15, 0.2) is 0 Å². The molecule has 20 heavy (non-hydrogen) atoms. The quantitative estimate of drug-likeness (QED) is 0.772. The molecule has 3 rings (SSSR count). The summed E-state index contributed by atoms with van der Waals surface area (Å²) in [7, 11) is 0. The molecule has 2 saturated carbocycles. The Morgan fingerprint density at radius 2 is 1.85 bits per heavy atom. The fourth-order valence-corrected chi connectivity index (χ4v) is 4.25. The molecule has 1 aromatic carbocycles. The Kier molecular flexibility index (Phi) is 3.23. The number of ketones is 1. The molecule has 2 aliphatic carbocycles. The molecule has 0 aromatic heterocycles. The SMILES string of the molecule is CC(C)[C@@H]1CC[C@@H](C)[C@]2(C[C@@H]2c2ccc(F)cc2)C1=O. The van der Waals surface area contributed by atoms with Crippen LogP contribution >= 0.6 is 0 Å². The Balaban J connectivity index is 1.88. The second-order valence-electron chi connectivity index (χ2n) is 7.04. The summed E-state index contributed by atoms with van der Waals surface area (Å²) < 4.78 is 13.1. The first kappa shape index (κ1) is 13.8. The Bertz CT molecular complexity index is 519. The van der Waals surface area contributed by atoms with E-state index in [0.29, 0.717) is 23.5 Å². The Morgan fingerprint density at radius 1 is 1.20 bits per heavy atom. The predicted molar refractivity (Wildman–Crippen MR) is 77.9 cm³/mol.